The number of hydrogen-bond acceptors (Lipinski definition) is 3. The van der Waals surface area contributed by atoms with E-state index < -0.39 is 11.7 Å². The lowest BCUT2D eigenvalue weighted by molar-refractivity contribution is -0.137. The molecule has 0 aromatic heterocycles. The van der Waals surface area contributed by atoms with E-state index in [0.717, 1.165) is 18.3 Å². The van der Waals surface area contributed by atoms with Gasteiger partial charge in [-0.15, -0.1) is 0 Å². The van der Waals surface area contributed by atoms with Gasteiger partial charge in [-0.25, -0.2) is 0 Å². The van der Waals surface area contributed by atoms with Gasteiger partial charge in [-0.3, -0.25) is 0 Å². The van der Waals surface area contributed by atoms with Crippen molar-refractivity contribution in [2.24, 2.45) is 0 Å². The molecule has 0 N–H and O–H groups in total. The van der Waals surface area contributed by atoms with Crippen LogP contribution in [0.25, 0.3) is 0 Å². The van der Waals surface area contributed by atoms with E-state index in [1.54, 1.807) is 12.1 Å². The first-order valence-electron chi connectivity index (χ1n) is 7.99. The molecule has 25 heavy (non-hydrogen) atoms. The Morgan fingerprint density at radius 1 is 1.12 bits per heavy atom. The van der Waals surface area contributed by atoms with Crippen LogP contribution in [0.2, 0.25) is 0 Å². The van der Waals surface area contributed by atoms with Gasteiger partial charge in [0.1, 0.15) is 0 Å². The molecule has 0 bridgehead atoms. The Hall–Kier alpha value is -2.68. The molecule has 0 spiro atoms. The van der Waals surface area contributed by atoms with Gasteiger partial charge >= 0.3 is 6.18 Å². The molecule has 1 heterocycles. The summed E-state index contributed by atoms with van der Waals surface area (Å²) in [6.07, 6.45) is -4.54. The Labute approximate surface area is 144 Å². The molecular formula is C19H17F3N3. The number of benzene rings is 2. The summed E-state index contributed by atoms with van der Waals surface area (Å²) in [7, 11) is 0. The van der Waals surface area contributed by atoms with Crippen LogP contribution in [0.1, 0.15) is 18.1 Å². The highest BCUT2D eigenvalue weighted by Crippen LogP contribution is 2.35. The first-order chi connectivity index (χ1) is 11.9. The van der Waals surface area contributed by atoms with Crippen molar-refractivity contribution in [1.29, 1.82) is 5.26 Å². The van der Waals surface area contributed by atoms with Gasteiger partial charge in [0.25, 0.3) is 0 Å². The van der Waals surface area contributed by atoms with E-state index in [0.29, 0.717) is 18.8 Å². The molecule has 3 nitrogen and oxygen atoms in total. The van der Waals surface area contributed by atoms with Gasteiger partial charge in [-0.1, -0.05) is 12.1 Å². The quantitative estimate of drug-likeness (QED) is 0.822. The fraction of sp³-hybridized carbons (Fsp3) is 0.316. The summed E-state index contributed by atoms with van der Waals surface area (Å²) in [6, 6.07) is 16.2. The highest BCUT2D eigenvalue weighted by Gasteiger charge is 2.35. The summed E-state index contributed by atoms with van der Waals surface area (Å²) in [4.78, 5) is 4.17. The topological polar surface area (TPSA) is 30.3 Å². The van der Waals surface area contributed by atoms with E-state index in [1.807, 2.05) is 36.1 Å². The summed E-state index contributed by atoms with van der Waals surface area (Å²) >= 11 is 0. The predicted molar refractivity (Wildman–Crippen MR) is 90.5 cm³/mol. The molecule has 1 aliphatic heterocycles. The second-order valence-electron chi connectivity index (χ2n) is 6.09. The SMILES string of the molecule is C[C@H]1CN(c2cc[c]cc2)CCN1c1ccc(C#N)c(C(F)(F)F)c1. The second kappa shape index (κ2) is 6.67. The van der Waals surface area contributed by atoms with Crippen molar-refractivity contribution in [3.05, 3.63) is 59.7 Å². The molecule has 1 saturated heterocycles. The number of alkyl halides is 3. The lowest BCUT2D eigenvalue weighted by atomic mass is 10.0. The summed E-state index contributed by atoms with van der Waals surface area (Å²) in [5, 5.41) is 8.92. The summed E-state index contributed by atoms with van der Waals surface area (Å²) in [6.45, 7) is 4.04. The Morgan fingerprint density at radius 2 is 1.84 bits per heavy atom. The summed E-state index contributed by atoms with van der Waals surface area (Å²) < 4.78 is 39.5. The third kappa shape index (κ3) is 3.55. The highest BCUT2D eigenvalue weighted by molar-refractivity contribution is 5.57. The Balaban J connectivity index is 1.83. The number of rotatable bonds is 2. The number of anilines is 2. The number of nitrogens with zero attached hydrogens (tertiary/aromatic N) is 3. The van der Waals surface area contributed by atoms with Crippen molar-refractivity contribution in [3.63, 3.8) is 0 Å². The van der Waals surface area contributed by atoms with E-state index in [-0.39, 0.29) is 11.6 Å². The third-order valence-electron chi connectivity index (χ3n) is 4.45. The summed E-state index contributed by atoms with van der Waals surface area (Å²) in [5.41, 5.74) is 0.365. The fourth-order valence-electron chi connectivity index (χ4n) is 3.21. The molecule has 129 valence electrons. The first kappa shape index (κ1) is 17.2. The molecule has 2 aromatic carbocycles. The van der Waals surface area contributed by atoms with Gasteiger partial charge in [-0.05, 0) is 43.3 Å². The first-order valence-corrected chi connectivity index (χ1v) is 7.99. The zero-order chi connectivity index (χ0) is 18.0. The van der Waals surface area contributed by atoms with Gasteiger partial charge in [-0.2, -0.15) is 18.4 Å². The molecule has 0 amide bonds. The minimum Gasteiger partial charge on any atom is -0.368 e. The molecule has 1 atom stereocenters. The van der Waals surface area contributed by atoms with Crippen LogP contribution in [0.3, 0.4) is 0 Å². The normalized spacial score (nSPS) is 18.1. The molecular weight excluding hydrogens is 327 g/mol. The maximum absolute atomic E-state index is 13.2. The third-order valence-corrected chi connectivity index (χ3v) is 4.45. The van der Waals surface area contributed by atoms with E-state index >= 15 is 0 Å². The van der Waals surface area contributed by atoms with E-state index in [4.69, 9.17) is 5.26 Å². The van der Waals surface area contributed by atoms with E-state index in [2.05, 4.69) is 11.0 Å². The lowest BCUT2D eigenvalue weighted by Gasteiger charge is -2.42. The van der Waals surface area contributed by atoms with Crippen molar-refractivity contribution < 1.29 is 13.2 Å². The van der Waals surface area contributed by atoms with Gasteiger partial charge in [0.05, 0.1) is 17.2 Å². The van der Waals surface area contributed by atoms with E-state index in [1.165, 1.54) is 6.07 Å². The van der Waals surface area contributed by atoms with Gasteiger partial charge in [0.2, 0.25) is 0 Å². The Morgan fingerprint density at radius 3 is 2.44 bits per heavy atom. The minimum absolute atomic E-state index is 0.0481. The predicted octanol–water partition coefficient (Wildman–Crippen LogP) is 4.09. The van der Waals surface area contributed by atoms with Crippen LogP contribution in [0.15, 0.2) is 42.5 Å². The van der Waals surface area contributed by atoms with Crippen molar-refractivity contribution in [2.45, 2.75) is 19.1 Å². The van der Waals surface area contributed by atoms with Crippen LogP contribution in [0.4, 0.5) is 24.5 Å². The smallest absolute Gasteiger partial charge is 0.368 e. The van der Waals surface area contributed by atoms with Crippen LogP contribution in [-0.2, 0) is 6.18 Å². The average Bonchev–Trinajstić information content (AvgIpc) is 2.61. The fourth-order valence-corrected chi connectivity index (χ4v) is 3.21. The molecule has 0 aliphatic carbocycles. The Kier molecular flexibility index (Phi) is 4.58. The lowest BCUT2D eigenvalue weighted by Crippen LogP contribution is -2.52. The van der Waals surface area contributed by atoms with E-state index in [9.17, 15) is 13.2 Å². The summed E-state index contributed by atoms with van der Waals surface area (Å²) in [5.74, 6) is 0. The molecule has 6 heteroatoms. The molecule has 1 fully saturated rings. The van der Waals surface area contributed by atoms with Gasteiger partial charge in [0.15, 0.2) is 0 Å². The number of piperazine rings is 1. The molecule has 3 rings (SSSR count). The second-order valence-corrected chi connectivity index (χ2v) is 6.09. The zero-order valence-corrected chi connectivity index (χ0v) is 13.7. The van der Waals surface area contributed by atoms with Crippen molar-refractivity contribution >= 4 is 11.4 Å². The maximum Gasteiger partial charge on any atom is 0.417 e. The van der Waals surface area contributed by atoms with Crippen LogP contribution in [0, 0.1) is 17.4 Å². The van der Waals surface area contributed by atoms with Crippen LogP contribution >= 0.6 is 0 Å². The molecule has 1 radical (unpaired) electrons. The van der Waals surface area contributed by atoms with Gasteiger partial charge < -0.3 is 9.80 Å². The van der Waals surface area contributed by atoms with Crippen LogP contribution in [0.5, 0.6) is 0 Å². The van der Waals surface area contributed by atoms with Crippen molar-refractivity contribution in [1.82, 2.24) is 0 Å². The molecule has 1 aliphatic rings. The number of nitriles is 1. The molecule has 2 aromatic rings. The zero-order valence-electron chi connectivity index (χ0n) is 13.7. The van der Waals surface area contributed by atoms with Gasteiger partial charge in [0, 0.05) is 37.1 Å². The number of hydrogen-bond donors (Lipinski definition) is 0. The Bertz CT molecular complexity index is 781. The van der Waals surface area contributed by atoms with Crippen molar-refractivity contribution in [2.75, 3.05) is 29.4 Å². The van der Waals surface area contributed by atoms with Crippen LogP contribution in [-0.4, -0.2) is 25.7 Å². The number of halogens is 3. The monoisotopic (exact) mass is 344 g/mol. The van der Waals surface area contributed by atoms with Crippen LogP contribution < -0.4 is 9.80 Å². The minimum atomic E-state index is -4.54. The van der Waals surface area contributed by atoms with Crippen molar-refractivity contribution in [3.8, 4) is 6.07 Å². The molecule has 0 saturated carbocycles. The standard InChI is InChI=1S/C19H17F3N3/c1-14-13-24(16-5-3-2-4-6-16)9-10-25(14)17-8-7-15(12-23)18(11-17)19(20,21)22/h3-8,11,14H,9-10,13H2,1H3/t14-/m0/s1. The maximum atomic E-state index is 13.2. The largest absolute Gasteiger partial charge is 0.417 e. The average molecular weight is 344 g/mol. The highest BCUT2D eigenvalue weighted by atomic mass is 19.4. The molecule has 0 unspecified atom stereocenters.